The molecule has 0 spiro atoms. The summed E-state index contributed by atoms with van der Waals surface area (Å²) >= 11 is 0. The van der Waals surface area contributed by atoms with Crippen LogP contribution in [-0.2, 0) is 4.84 Å². The first-order valence-corrected chi connectivity index (χ1v) is 14.1. The average Bonchev–Trinajstić information content (AvgIpc) is 3.44. The number of rotatable bonds is 4. The highest BCUT2D eigenvalue weighted by Crippen LogP contribution is 2.67. The molecule has 5 aliphatic rings. The fourth-order valence-corrected chi connectivity index (χ4v) is 9.48. The number of amides is 1. The Labute approximate surface area is 206 Å². The summed E-state index contributed by atoms with van der Waals surface area (Å²) in [6.07, 6.45) is 12.7. The zero-order valence-electron chi connectivity index (χ0n) is 21.9. The first-order chi connectivity index (χ1) is 16.2. The average molecular weight is 474 g/mol. The lowest BCUT2D eigenvalue weighted by Gasteiger charge is -2.61. The molecule has 0 radical (unpaired) electrons. The van der Waals surface area contributed by atoms with E-state index in [-0.39, 0.29) is 17.6 Å². The van der Waals surface area contributed by atoms with Gasteiger partial charge in [0.15, 0.2) is 0 Å². The molecule has 1 aliphatic heterocycles. The number of fused-ring (bicyclic) bond motifs is 5. The molecule has 6 heteroatoms. The number of likely N-dealkylation sites (N-methyl/N-ethyl adjacent to an activating group) is 1. The minimum absolute atomic E-state index is 0.0746. The van der Waals surface area contributed by atoms with Gasteiger partial charge in [0.1, 0.15) is 0 Å². The highest BCUT2D eigenvalue weighted by molar-refractivity contribution is 5.85. The third-order valence-electron chi connectivity index (χ3n) is 11.4. The van der Waals surface area contributed by atoms with E-state index in [9.17, 15) is 9.90 Å². The Hall–Kier alpha value is -1.14. The Morgan fingerprint density at radius 3 is 2.59 bits per heavy atom. The third-order valence-corrected chi connectivity index (χ3v) is 11.4. The van der Waals surface area contributed by atoms with Crippen molar-refractivity contribution in [1.29, 1.82) is 0 Å². The van der Waals surface area contributed by atoms with E-state index in [1.165, 1.54) is 44.9 Å². The summed E-state index contributed by atoms with van der Waals surface area (Å²) in [6.45, 7) is 8.85. The van der Waals surface area contributed by atoms with E-state index >= 15 is 0 Å². The Bertz CT molecular complexity index is 796. The van der Waals surface area contributed by atoms with Crippen molar-refractivity contribution in [3.63, 3.8) is 0 Å². The summed E-state index contributed by atoms with van der Waals surface area (Å²) in [5, 5.41) is 18.1. The number of hydrogen-bond donors (Lipinski definition) is 2. The van der Waals surface area contributed by atoms with Gasteiger partial charge in [-0.05, 0) is 119 Å². The largest absolute Gasteiger partial charge is 0.435 e. The predicted octanol–water partition coefficient (Wildman–Crippen LogP) is 5.20. The van der Waals surface area contributed by atoms with Crippen LogP contribution in [0.15, 0.2) is 5.16 Å². The van der Waals surface area contributed by atoms with Crippen molar-refractivity contribution >= 4 is 11.8 Å². The van der Waals surface area contributed by atoms with Gasteiger partial charge in [-0.15, -0.1) is 0 Å². The van der Waals surface area contributed by atoms with Crippen LogP contribution in [0.2, 0.25) is 0 Å². The molecule has 6 nitrogen and oxygen atoms in total. The highest BCUT2D eigenvalue weighted by Gasteiger charge is 2.60. The van der Waals surface area contributed by atoms with Gasteiger partial charge >= 0.3 is 6.09 Å². The normalized spacial score (nSPS) is 46.4. The van der Waals surface area contributed by atoms with Crippen LogP contribution in [0.25, 0.3) is 0 Å². The van der Waals surface area contributed by atoms with E-state index < -0.39 is 0 Å². The Balaban J connectivity index is 1.23. The number of carbonyl (C=O) groups excluding carboxylic acids is 1. The maximum absolute atomic E-state index is 12.5. The zero-order chi connectivity index (χ0) is 24.1. The molecule has 0 aromatic carbocycles. The van der Waals surface area contributed by atoms with Crippen molar-refractivity contribution in [2.75, 3.05) is 20.1 Å². The minimum Gasteiger partial charge on any atom is -0.393 e. The van der Waals surface area contributed by atoms with E-state index in [4.69, 9.17) is 4.84 Å². The summed E-state index contributed by atoms with van der Waals surface area (Å²) in [5.74, 6) is 3.48. The molecule has 4 aliphatic carbocycles. The number of nitrogens with zero attached hydrogens (tertiary/aromatic N) is 2. The second kappa shape index (κ2) is 9.38. The maximum Gasteiger partial charge on any atom is 0.435 e. The molecular weight excluding hydrogens is 426 g/mol. The number of aliphatic hydroxyl groups excluding tert-OH is 1. The molecule has 9 atom stereocenters. The van der Waals surface area contributed by atoms with Crippen molar-refractivity contribution in [3.8, 4) is 0 Å². The Morgan fingerprint density at radius 2 is 1.82 bits per heavy atom. The van der Waals surface area contributed by atoms with Crippen molar-refractivity contribution in [2.45, 2.75) is 104 Å². The van der Waals surface area contributed by atoms with Gasteiger partial charge in [0, 0.05) is 25.6 Å². The van der Waals surface area contributed by atoms with Crippen LogP contribution in [0.4, 0.5) is 4.79 Å². The standard InChI is InChI=1S/C28H47N3O3/c1-18(30-34-26(33)31(4)17-20-6-5-15-29-20)23-9-10-24-22-8-7-19-16-21(32)11-13-27(19,2)25(22)12-14-28(23,24)3/h19-25,29,32H,5-17H2,1-4H3/b30-18+/t19?,20-,21+,22-,23+,24-,25-,27-,28+/m0/s1. The van der Waals surface area contributed by atoms with Gasteiger partial charge in [0.05, 0.1) is 11.8 Å². The lowest BCUT2D eigenvalue weighted by atomic mass is 9.44. The molecule has 1 saturated heterocycles. The van der Waals surface area contributed by atoms with Gasteiger partial charge in [-0.3, -0.25) is 4.84 Å². The lowest BCUT2D eigenvalue weighted by Crippen LogP contribution is -2.54. The summed E-state index contributed by atoms with van der Waals surface area (Å²) < 4.78 is 0. The van der Waals surface area contributed by atoms with Crippen molar-refractivity contribution in [1.82, 2.24) is 10.2 Å². The van der Waals surface area contributed by atoms with Crippen LogP contribution in [0.3, 0.4) is 0 Å². The van der Waals surface area contributed by atoms with Crippen LogP contribution < -0.4 is 5.32 Å². The molecule has 1 unspecified atom stereocenters. The van der Waals surface area contributed by atoms with Crippen molar-refractivity contribution in [3.05, 3.63) is 0 Å². The first kappa shape index (κ1) is 24.5. The van der Waals surface area contributed by atoms with Gasteiger partial charge in [-0.1, -0.05) is 19.0 Å². The summed E-state index contributed by atoms with van der Waals surface area (Å²) in [5.41, 5.74) is 1.68. The lowest BCUT2D eigenvalue weighted by molar-refractivity contribution is -0.123. The zero-order valence-corrected chi connectivity index (χ0v) is 21.9. The highest BCUT2D eigenvalue weighted by atomic mass is 16.7. The number of nitrogens with one attached hydrogen (secondary N) is 1. The Kier molecular flexibility index (Phi) is 6.78. The molecule has 0 aromatic heterocycles. The van der Waals surface area contributed by atoms with E-state index in [0.717, 1.165) is 55.7 Å². The number of carbonyl (C=O) groups is 1. The minimum atomic E-state index is -0.345. The molecule has 1 heterocycles. The molecule has 4 saturated carbocycles. The predicted molar refractivity (Wildman–Crippen MR) is 134 cm³/mol. The van der Waals surface area contributed by atoms with Crippen molar-refractivity contribution in [2.24, 2.45) is 45.6 Å². The van der Waals surface area contributed by atoms with Crippen LogP contribution in [0.1, 0.15) is 91.4 Å². The van der Waals surface area contributed by atoms with Crippen LogP contribution >= 0.6 is 0 Å². The van der Waals surface area contributed by atoms with Gasteiger partial charge < -0.3 is 15.3 Å². The molecular formula is C28H47N3O3. The molecule has 5 rings (SSSR count). The second-order valence-electron chi connectivity index (χ2n) is 13.0. The van der Waals surface area contributed by atoms with Crippen LogP contribution in [0, 0.1) is 40.4 Å². The summed E-state index contributed by atoms with van der Waals surface area (Å²) in [6, 6.07) is 0.372. The third kappa shape index (κ3) is 4.21. The molecule has 34 heavy (non-hydrogen) atoms. The SMILES string of the molecule is C/C(=N\OC(=O)N(C)C[C@@H]1CCCN1)[C@H]1CC[C@H]2[C@@H]3CCC4C[C@H](O)CC[C@]4(C)[C@H]3CC[C@]12C. The van der Waals surface area contributed by atoms with E-state index in [1.54, 1.807) is 4.90 Å². The van der Waals surface area contributed by atoms with Gasteiger partial charge in [0.25, 0.3) is 0 Å². The fourth-order valence-electron chi connectivity index (χ4n) is 9.48. The quantitative estimate of drug-likeness (QED) is 0.334. The van der Waals surface area contributed by atoms with E-state index in [1.807, 2.05) is 7.05 Å². The molecule has 5 fully saturated rings. The van der Waals surface area contributed by atoms with Crippen molar-refractivity contribution < 1.29 is 14.7 Å². The number of aliphatic hydroxyl groups is 1. The van der Waals surface area contributed by atoms with E-state index in [2.05, 4.69) is 31.2 Å². The van der Waals surface area contributed by atoms with Crippen LogP contribution in [0.5, 0.6) is 0 Å². The maximum atomic E-state index is 12.5. The molecule has 0 bridgehead atoms. The number of hydrogen-bond acceptors (Lipinski definition) is 5. The first-order valence-electron chi connectivity index (χ1n) is 14.1. The molecule has 192 valence electrons. The van der Waals surface area contributed by atoms with Gasteiger partial charge in [-0.2, -0.15) is 0 Å². The van der Waals surface area contributed by atoms with Gasteiger partial charge in [0.2, 0.25) is 0 Å². The Morgan fingerprint density at radius 1 is 1.06 bits per heavy atom. The summed E-state index contributed by atoms with van der Waals surface area (Å²) in [4.78, 5) is 19.6. The second-order valence-corrected chi connectivity index (χ2v) is 13.0. The number of oxime groups is 1. The van der Waals surface area contributed by atoms with E-state index in [0.29, 0.717) is 29.8 Å². The molecule has 1 amide bonds. The molecule has 0 aromatic rings. The van der Waals surface area contributed by atoms with Crippen LogP contribution in [-0.4, -0.2) is 54.1 Å². The molecule has 2 N–H and O–H groups in total. The monoisotopic (exact) mass is 473 g/mol. The fraction of sp³-hybridized carbons (Fsp3) is 0.929. The van der Waals surface area contributed by atoms with Gasteiger partial charge in [-0.25, -0.2) is 4.79 Å². The summed E-state index contributed by atoms with van der Waals surface area (Å²) in [7, 11) is 1.81. The topological polar surface area (TPSA) is 74.2 Å². The smallest absolute Gasteiger partial charge is 0.393 e.